The van der Waals surface area contributed by atoms with E-state index in [-0.39, 0.29) is 5.91 Å². The topological polar surface area (TPSA) is 45.8 Å². The minimum Gasteiger partial charge on any atom is -0.457 e. The Morgan fingerprint density at radius 1 is 1.10 bits per heavy atom. The molecular formula is C24H20Cl2N2O2S. The van der Waals surface area contributed by atoms with Crippen molar-refractivity contribution in [2.75, 3.05) is 6.54 Å². The lowest BCUT2D eigenvalue weighted by molar-refractivity contribution is -0.122. The molecule has 158 valence electrons. The number of halogens is 2. The number of carbonyl (C=O) groups excluding carboxylic acids is 1. The summed E-state index contributed by atoms with van der Waals surface area (Å²) >= 11 is 13.6. The quantitative estimate of drug-likeness (QED) is 0.361. The zero-order valence-corrected chi connectivity index (χ0v) is 19.4. The van der Waals surface area contributed by atoms with Crippen molar-refractivity contribution in [2.45, 2.75) is 20.3 Å². The van der Waals surface area contributed by atoms with Crippen molar-refractivity contribution in [1.29, 1.82) is 0 Å². The van der Waals surface area contributed by atoms with Crippen LogP contribution in [-0.2, 0) is 4.79 Å². The smallest absolute Gasteiger partial charge is 0.266 e. The summed E-state index contributed by atoms with van der Waals surface area (Å²) < 4.78 is 5.93. The van der Waals surface area contributed by atoms with Crippen LogP contribution in [0, 0.1) is 6.92 Å². The molecule has 0 bridgehead atoms. The summed E-state index contributed by atoms with van der Waals surface area (Å²) in [6.45, 7) is 4.68. The average molecular weight is 471 g/mol. The van der Waals surface area contributed by atoms with Gasteiger partial charge in [0.05, 0.1) is 15.6 Å². The van der Waals surface area contributed by atoms with Crippen LogP contribution in [0.2, 0.25) is 10.0 Å². The molecule has 0 atom stereocenters. The number of furan rings is 1. The van der Waals surface area contributed by atoms with Crippen molar-refractivity contribution in [3.05, 3.63) is 80.9 Å². The van der Waals surface area contributed by atoms with Crippen LogP contribution in [-0.4, -0.2) is 22.5 Å². The molecule has 1 amide bonds. The number of hydrogen-bond acceptors (Lipinski definition) is 4. The molecule has 0 radical (unpaired) electrons. The Kier molecular flexibility index (Phi) is 6.56. The minimum absolute atomic E-state index is 0.0693. The lowest BCUT2D eigenvalue weighted by Crippen LogP contribution is -2.29. The second kappa shape index (κ2) is 9.35. The fourth-order valence-electron chi connectivity index (χ4n) is 3.14. The molecule has 1 aromatic heterocycles. The highest BCUT2D eigenvalue weighted by atomic mass is 35.5. The SMILES string of the molecule is CCCN1C(=O)/C(=C\c2ccc(-c3ccc(Cl)cc3Cl)o2)SC1=Nc1ccc(C)cc1. The Morgan fingerprint density at radius 3 is 2.58 bits per heavy atom. The summed E-state index contributed by atoms with van der Waals surface area (Å²) in [5, 5.41) is 1.75. The molecule has 4 rings (SSSR count). The van der Waals surface area contributed by atoms with Gasteiger partial charge in [0.2, 0.25) is 0 Å². The van der Waals surface area contributed by atoms with Gasteiger partial charge in [-0.15, -0.1) is 0 Å². The first kappa shape index (κ1) is 21.8. The van der Waals surface area contributed by atoms with Gasteiger partial charge >= 0.3 is 0 Å². The van der Waals surface area contributed by atoms with E-state index >= 15 is 0 Å². The molecule has 0 spiro atoms. The molecule has 1 fully saturated rings. The highest BCUT2D eigenvalue weighted by molar-refractivity contribution is 8.18. The molecule has 2 heterocycles. The lowest BCUT2D eigenvalue weighted by Gasteiger charge is -2.13. The van der Waals surface area contributed by atoms with E-state index in [1.165, 1.54) is 17.3 Å². The highest BCUT2D eigenvalue weighted by Gasteiger charge is 2.33. The van der Waals surface area contributed by atoms with Crippen LogP contribution < -0.4 is 0 Å². The summed E-state index contributed by atoms with van der Waals surface area (Å²) in [7, 11) is 0. The van der Waals surface area contributed by atoms with Gasteiger partial charge in [-0.2, -0.15) is 0 Å². The Bertz CT molecular complexity index is 1180. The molecule has 31 heavy (non-hydrogen) atoms. The highest BCUT2D eigenvalue weighted by Crippen LogP contribution is 2.36. The van der Waals surface area contributed by atoms with Crippen LogP contribution in [0.25, 0.3) is 17.4 Å². The maximum absolute atomic E-state index is 13.0. The zero-order chi connectivity index (χ0) is 22.0. The van der Waals surface area contributed by atoms with Gasteiger partial charge in [-0.3, -0.25) is 9.69 Å². The number of amidine groups is 1. The van der Waals surface area contributed by atoms with Crippen molar-refractivity contribution in [3.8, 4) is 11.3 Å². The van der Waals surface area contributed by atoms with Gasteiger partial charge in [0.25, 0.3) is 5.91 Å². The van der Waals surface area contributed by atoms with Crippen molar-refractivity contribution in [2.24, 2.45) is 4.99 Å². The maximum atomic E-state index is 13.0. The number of rotatable bonds is 5. The molecule has 0 aliphatic carbocycles. The number of carbonyl (C=O) groups is 1. The van der Waals surface area contributed by atoms with Gasteiger partial charge in [-0.25, -0.2) is 4.99 Å². The summed E-state index contributed by atoms with van der Waals surface area (Å²) in [6, 6.07) is 16.8. The molecule has 3 aromatic rings. The number of thioether (sulfide) groups is 1. The number of hydrogen-bond donors (Lipinski definition) is 0. The largest absolute Gasteiger partial charge is 0.457 e. The third-order valence-corrected chi connectivity index (χ3v) is 6.25. The predicted molar refractivity (Wildman–Crippen MR) is 130 cm³/mol. The zero-order valence-electron chi connectivity index (χ0n) is 17.1. The molecule has 1 aliphatic heterocycles. The van der Waals surface area contributed by atoms with Crippen LogP contribution in [0.4, 0.5) is 5.69 Å². The van der Waals surface area contributed by atoms with Gasteiger partial charge < -0.3 is 4.42 Å². The molecule has 2 aromatic carbocycles. The monoisotopic (exact) mass is 470 g/mol. The summed E-state index contributed by atoms with van der Waals surface area (Å²) in [5.74, 6) is 1.12. The van der Waals surface area contributed by atoms with Gasteiger partial charge in [-0.1, -0.05) is 47.8 Å². The Hall–Kier alpha value is -2.47. The molecule has 1 aliphatic rings. The molecule has 0 unspecified atom stereocenters. The van der Waals surface area contributed by atoms with E-state index in [0.29, 0.717) is 38.2 Å². The predicted octanol–water partition coefficient (Wildman–Crippen LogP) is 7.58. The first-order chi connectivity index (χ1) is 14.9. The van der Waals surface area contributed by atoms with Gasteiger partial charge in [0, 0.05) is 23.2 Å². The fourth-order valence-corrected chi connectivity index (χ4v) is 4.64. The van der Waals surface area contributed by atoms with Crippen LogP contribution in [0.1, 0.15) is 24.7 Å². The van der Waals surface area contributed by atoms with E-state index in [4.69, 9.17) is 32.6 Å². The van der Waals surface area contributed by atoms with Crippen molar-refractivity contribution < 1.29 is 9.21 Å². The van der Waals surface area contributed by atoms with Crippen LogP contribution >= 0.6 is 35.0 Å². The Labute approximate surface area is 195 Å². The molecule has 1 saturated heterocycles. The van der Waals surface area contributed by atoms with Crippen LogP contribution in [0.3, 0.4) is 0 Å². The van der Waals surface area contributed by atoms with Crippen molar-refractivity contribution >= 4 is 57.8 Å². The van der Waals surface area contributed by atoms with E-state index in [2.05, 4.69) is 0 Å². The number of nitrogens with zero attached hydrogens (tertiary/aromatic N) is 2. The minimum atomic E-state index is -0.0693. The van der Waals surface area contributed by atoms with E-state index < -0.39 is 0 Å². The lowest BCUT2D eigenvalue weighted by atomic mass is 10.2. The average Bonchev–Trinajstić information content (AvgIpc) is 3.30. The molecule has 0 saturated carbocycles. The molecule has 7 heteroatoms. The molecule has 4 nitrogen and oxygen atoms in total. The number of amides is 1. The van der Waals surface area contributed by atoms with E-state index in [1.54, 1.807) is 23.1 Å². The van der Waals surface area contributed by atoms with Crippen molar-refractivity contribution in [3.63, 3.8) is 0 Å². The third kappa shape index (κ3) is 4.90. The van der Waals surface area contributed by atoms with Crippen LogP contribution in [0.5, 0.6) is 0 Å². The number of aliphatic imine (C=N–C) groups is 1. The van der Waals surface area contributed by atoms with Gasteiger partial charge in [0.1, 0.15) is 11.5 Å². The summed E-state index contributed by atoms with van der Waals surface area (Å²) in [4.78, 5) is 20.0. The second-order valence-electron chi connectivity index (χ2n) is 7.12. The summed E-state index contributed by atoms with van der Waals surface area (Å²) in [6.07, 6.45) is 2.59. The molecular weight excluding hydrogens is 451 g/mol. The first-order valence-electron chi connectivity index (χ1n) is 9.86. The Morgan fingerprint density at radius 2 is 1.87 bits per heavy atom. The number of aryl methyl sites for hydroxylation is 1. The van der Waals surface area contributed by atoms with Crippen LogP contribution in [0.15, 0.2) is 68.9 Å². The fraction of sp³-hybridized carbons (Fsp3) is 0.167. The van der Waals surface area contributed by atoms with E-state index in [9.17, 15) is 4.79 Å². The van der Waals surface area contributed by atoms with E-state index in [0.717, 1.165) is 17.7 Å². The Balaban J connectivity index is 1.62. The van der Waals surface area contributed by atoms with Gasteiger partial charge in [0.15, 0.2) is 5.17 Å². The first-order valence-corrected chi connectivity index (χ1v) is 11.4. The van der Waals surface area contributed by atoms with E-state index in [1.807, 2.05) is 56.3 Å². The third-order valence-electron chi connectivity index (χ3n) is 4.69. The van der Waals surface area contributed by atoms with Gasteiger partial charge in [-0.05, 0) is 67.6 Å². The maximum Gasteiger partial charge on any atom is 0.266 e. The number of benzene rings is 2. The standard InChI is InChI=1S/C24H20Cl2N2O2S/c1-3-12-28-23(29)22(31-24(28)27-17-7-4-15(2)5-8-17)14-18-9-11-21(30-18)19-10-6-16(25)13-20(19)26/h4-11,13-14H,3,12H2,1-2H3/b22-14+,27-24?. The molecule has 0 N–H and O–H groups in total. The normalized spacial score (nSPS) is 16.6. The second-order valence-corrected chi connectivity index (χ2v) is 8.98. The van der Waals surface area contributed by atoms with Crippen molar-refractivity contribution in [1.82, 2.24) is 4.90 Å². The summed E-state index contributed by atoms with van der Waals surface area (Å²) in [5.41, 5.74) is 2.73.